The van der Waals surface area contributed by atoms with E-state index in [1.807, 2.05) is 33.8 Å². The van der Waals surface area contributed by atoms with Crippen LogP contribution in [0.2, 0.25) is 0 Å². The number of aromatic nitrogens is 3. The molecule has 2 aliphatic rings. The minimum Gasteiger partial charge on any atom is -0.481 e. The molecule has 12 heteroatoms. The summed E-state index contributed by atoms with van der Waals surface area (Å²) in [7, 11) is 0. The quantitative estimate of drug-likeness (QED) is 0.279. The third-order valence-corrected chi connectivity index (χ3v) is 9.63. The van der Waals surface area contributed by atoms with Gasteiger partial charge in [0.1, 0.15) is 17.6 Å². The lowest BCUT2D eigenvalue weighted by molar-refractivity contribution is -0.138. The number of hydrogen-bond acceptors (Lipinski definition) is 5. The van der Waals surface area contributed by atoms with Crippen molar-refractivity contribution in [2.24, 2.45) is 17.3 Å². The molecule has 2 aromatic carbocycles. The van der Waals surface area contributed by atoms with Gasteiger partial charge in [-0.15, -0.1) is 0 Å². The molecule has 240 valence electrons. The molecule has 1 saturated heterocycles. The van der Waals surface area contributed by atoms with Crippen LogP contribution < -0.4 is 5.32 Å². The largest absolute Gasteiger partial charge is 0.481 e. The van der Waals surface area contributed by atoms with Crippen LogP contribution in [0.3, 0.4) is 0 Å². The van der Waals surface area contributed by atoms with Crippen molar-refractivity contribution in [1.29, 1.82) is 0 Å². The number of rotatable bonds is 7. The number of carbonyl (C=O) groups excluding carboxylic acids is 2. The average molecular weight is 634 g/mol. The fourth-order valence-electron chi connectivity index (χ4n) is 7.36. The summed E-state index contributed by atoms with van der Waals surface area (Å²) < 4.78 is 46.2. The number of likely N-dealkylation sites (tertiary alicyclic amines) is 1. The molecule has 0 bridgehead atoms. The Morgan fingerprint density at radius 1 is 1.02 bits per heavy atom. The molecule has 2 N–H and O–H groups in total. The smallest absolute Gasteiger partial charge is 0.305 e. The summed E-state index contributed by atoms with van der Waals surface area (Å²) in [5, 5.41) is 12.4. The highest BCUT2D eigenvalue weighted by molar-refractivity contribution is 5.98. The van der Waals surface area contributed by atoms with E-state index in [1.165, 1.54) is 23.1 Å². The lowest BCUT2D eigenvalue weighted by atomic mass is 9.91. The molecule has 0 spiro atoms. The number of imidazole rings is 1. The number of fused-ring (bicyclic) bond motifs is 2. The molecule has 0 radical (unpaired) electrons. The van der Waals surface area contributed by atoms with Crippen molar-refractivity contribution in [2.45, 2.75) is 60.0 Å². The Bertz CT molecular complexity index is 1930. The van der Waals surface area contributed by atoms with Crippen molar-refractivity contribution in [1.82, 2.24) is 24.6 Å². The van der Waals surface area contributed by atoms with Gasteiger partial charge in [-0.3, -0.25) is 18.8 Å². The van der Waals surface area contributed by atoms with Crippen LogP contribution >= 0.6 is 0 Å². The van der Waals surface area contributed by atoms with Crippen molar-refractivity contribution >= 4 is 23.6 Å². The van der Waals surface area contributed by atoms with E-state index in [2.05, 4.69) is 15.3 Å². The summed E-state index contributed by atoms with van der Waals surface area (Å²) in [4.78, 5) is 50.1. The molecule has 1 unspecified atom stereocenters. The van der Waals surface area contributed by atoms with Gasteiger partial charge in [0.2, 0.25) is 11.7 Å². The number of halogens is 3. The lowest BCUT2D eigenvalue weighted by Crippen LogP contribution is -2.50. The van der Waals surface area contributed by atoms with Crippen LogP contribution in [-0.2, 0) is 9.59 Å². The number of carboxylic acid groups (broad SMARTS) is 1. The maximum absolute atomic E-state index is 15.4. The second kappa shape index (κ2) is 11.0. The molecule has 2 fully saturated rings. The van der Waals surface area contributed by atoms with Crippen molar-refractivity contribution < 1.29 is 32.7 Å². The number of carbonyl (C=O) groups is 3. The molecule has 1 aliphatic heterocycles. The minimum atomic E-state index is -1.47. The van der Waals surface area contributed by atoms with Gasteiger partial charge in [0.25, 0.3) is 5.91 Å². The van der Waals surface area contributed by atoms with Crippen molar-refractivity contribution in [3.63, 3.8) is 0 Å². The van der Waals surface area contributed by atoms with Gasteiger partial charge in [-0.25, -0.2) is 23.1 Å². The molecule has 2 aromatic heterocycles. The molecule has 6 rings (SSSR count). The number of aliphatic carboxylic acids is 1. The van der Waals surface area contributed by atoms with Crippen LogP contribution in [-0.4, -0.2) is 54.7 Å². The standard InChI is InChI=1S/C34H34F3N5O4/c1-15-7-20(35)8-16(2)27(15)19-10-21(29(37)23(36)11-19)24(12-26(43)44)39-31(45)30-28-22(34(28,5)6)13-42(30)32(46)25-14-41-18(4)9-17(3)38-33(41)40-25/h7-11,14,22,24,28,30H,12-13H2,1-6H3,(H,39,45)(H,43,44)/t22?,24-,28-,30-/m0/s1. The fraction of sp³-hybridized carbons (Fsp3) is 0.382. The molecular formula is C34H34F3N5O4. The third kappa shape index (κ3) is 5.19. The fourth-order valence-corrected chi connectivity index (χ4v) is 7.36. The van der Waals surface area contributed by atoms with Crippen LogP contribution in [0, 0.1) is 62.4 Å². The monoisotopic (exact) mass is 633 g/mol. The topological polar surface area (TPSA) is 117 Å². The normalized spacial score (nSPS) is 20.5. The highest BCUT2D eigenvalue weighted by Crippen LogP contribution is 2.65. The number of piperidine rings is 1. The van der Waals surface area contributed by atoms with Crippen molar-refractivity contribution in [3.05, 3.63) is 87.8 Å². The Morgan fingerprint density at radius 2 is 1.70 bits per heavy atom. The Kier molecular flexibility index (Phi) is 7.44. The Hall–Kier alpha value is -4.74. The second-order valence-corrected chi connectivity index (χ2v) is 13.1. The highest BCUT2D eigenvalue weighted by atomic mass is 19.2. The molecule has 4 atom stereocenters. The predicted octanol–water partition coefficient (Wildman–Crippen LogP) is 5.48. The van der Waals surface area contributed by atoms with Crippen LogP contribution in [0.1, 0.15) is 64.9 Å². The number of benzene rings is 2. The SMILES string of the molecule is Cc1cc(C)n2cc(C(=O)N3CC4[C@@H]([C@H]3C(=O)N[C@@H](CC(=O)O)c3cc(-c5c(C)cc(F)cc5C)cc(F)c3F)C4(C)C)nc2n1. The van der Waals surface area contributed by atoms with Crippen LogP contribution in [0.15, 0.2) is 36.5 Å². The number of carboxylic acids is 1. The van der Waals surface area contributed by atoms with Gasteiger partial charge >= 0.3 is 5.97 Å². The summed E-state index contributed by atoms with van der Waals surface area (Å²) in [6.45, 7) is 11.2. The van der Waals surface area contributed by atoms with E-state index in [0.29, 0.717) is 22.5 Å². The van der Waals surface area contributed by atoms with Crippen molar-refractivity contribution in [3.8, 4) is 11.1 Å². The van der Waals surface area contributed by atoms with E-state index in [9.17, 15) is 23.9 Å². The predicted molar refractivity (Wildman–Crippen MR) is 162 cm³/mol. The maximum atomic E-state index is 15.4. The molecule has 9 nitrogen and oxygen atoms in total. The summed E-state index contributed by atoms with van der Waals surface area (Å²) in [6, 6.07) is 4.17. The van der Waals surface area contributed by atoms with E-state index in [1.54, 1.807) is 24.4 Å². The number of hydrogen-bond donors (Lipinski definition) is 2. The first-order valence-corrected chi connectivity index (χ1v) is 15.0. The van der Waals surface area contributed by atoms with E-state index >= 15 is 8.78 Å². The number of nitrogens with one attached hydrogen (secondary N) is 1. The number of aryl methyl sites for hydroxylation is 4. The van der Waals surface area contributed by atoms with Gasteiger partial charge in [-0.05, 0) is 97.5 Å². The molecule has 2 amide bonds. The van der Waals surface area contributed by atoms with Gasteiger partial charge in [-0.2, -0.15) is 0 Å². The summed E-state index contributed by atoms with van der Waals surface area (Å²) in [5.74, 6) is -5.43. The average Bonchev–Trinajstić information content (AvgIpc) is 3.31. The molecule has 3 heterocycles. The maximum Gasteiger partial charge on any atom is 0.305 e. The molecule has 46 heavy (non-hydrogen) atoms. The summed E-state index contributed by atoms with van der Waals surface area (Å²) >= 11 is 0. The van der Waals surface area contributed by atoms with Gasteiger partial charge in [-0.1, -0.05) is 13.8 Å². The lowest BCUT2D eigenvalue weighted by Gasteiger charge is -2.31. The molecule has 1 saturated carbocycles. The molecule has 4 aromatic rings. The number of amides is 2. The first-order valence-electron chi connectivity index (χ1n) is 15.0. The van der Waals surface area contributed by atoms with Gasteiger partial charge in [0.15, 0.2) is 11.6 Å². The Morgan fingerprint density at radius 3 is 2.35 bits per heavy atom. The first-order chi connectivity index (χ1) is 21.6. The number of nitrogens with zero attached hydrogens (tertiary/aromatic N) is 4. The van der Waals surface area contributed by atoms with Gasteiger partial charge in [0, 0.05) is 29.7 Å². The zero-order chi connectivity index (χ0) is 33.4. The molecular weight excluding hydrogens is 599 g/mol. The second-order valence-electron chi connectivity index (χ2n) is 13.1. The van der Waals surface area contributed by atoms with Crippen LogP contribution in [0.5, 0.6) is 0 Å². The summed E-state index contributed by atoms with van der Waals surface area (Å²) in [5.41, 5.74) is 2.64. The van der Waals surface area contributed by atoms with Crippen LogP contribution in [0.4, 0.5) is 13.2 Å². The van der Waals surface area contributed by atoms with Crippen molar-refractivity contribution in [2.75, 3.05) is 6.54 Å². The van der Waals surface area contributed by atoms with Gasteiger partial charge in [0.05, 0.1) is 12.5 Å². The third-order valence-electron chi connectivity index (χ3n) is 9.63. The van der Waals surface area contributed by atoms with E-state index in [4.69, 9.17) is 0 Å². The zero-order valence-corrected chi connectivity index (χ0v) is 26.3. The van der Waals surface area contributed by atoms with E-state index in [-0.39, 0.29) is 40.6 Å². The van der Waals surface area contributed by atoms with E-state index in [0.717, 1.165) is 17.5 Å². The van der Waals surface area contributed by atoms with E-state index < -0.39 is 53.7 Å². The Balaban J connectivity index is 1.36. The zero-order valence-electron chi connectivity index (χ0n) is 26.3. The molecule has 1 aliphatic carbocycles. The Labute approximate surface area is 263 Å². The minimum absolute atomic E-state index is 0.00574. The van der Waals surface area contributed by atoms with Gasteiger partial charge < -0.3 is 15.3 Å². The highest BCUT2D eigenvalue weighted by Gasteiger charge is 2.69. The van der Waals surface area contributed by atoms with Crippen LogP contribution in [0.25, 0.3) is 16.9 Å². The first kappa shape index (κ1) is 31.3. The summed E-state index contributed by atoms with van der Waals surface area (Å²) in [6.07, 6.45) is 0.821.